The first-order chi connectivity index (χ1) is 18.2. The second-order valence-electron chi connectivity index (χ2n) is 8.70. The molecule has 3 aromatic rings. The maximum Gasteiger partial charge on any atom is 0.408 e. The normalized spacial score (nSPS) is 13.7. The standard InChI is InChI=1S/C24H28F6N6O3/c1-6-35(22(37)34-19(24(28,29)30)7-8-23(25,26)27)14(3)16-9-15(18(38-4)11-31-16)17-12-36-13(2)10-32-20(36)21(33-17)39-5/h9-12,14,19H,6-8H2,1-5H3,(H,34,37)/t14-,19+/m1/s1. The van der Waals surface area contributed by atoms with Crippen LogP contribution in [0.4, 0.5) is 31.1 Å². The van der Waals surface area contributed by atoms with Gasteiger partial charge < -0.3 is 19.7 Å². The quantitative estimate of drug-likeness (QED) is 0.347. The van der Waals surface area contributed by atoms with E-state index in [9.17, 15) is 31.1 Å². The van der Waals surface area contributed by atoms with Gasteiger partial charge in [0, 0.05) is 36.6 Å². The molecule has 3 heterocycles. The van der Waals surface area contributed by atoms with Gasteiger partial charge in [0.15, 0.2) is 0 Å². The van der Waals surface area contributed by atoms with Crippen LogP contribution in [0, 0.1) is 6.92 Å². The second kappa shape index (κ2) is 11.5. The molecule has 9 nitrogen and oxygen atoms in total. The topological polar surface area (TPSA) is 93.9 Å². The van der Waals surface area contributed by atoms with Gasteiger partial charge in [-0.1, -0.05) is 0 Å². The zero-order chi connectivity index (χ0) is 29.1. The van der Waals surface area contributed by atoms with Gasteiger partial charge in [-0.25, -0.2) is 14.8 Å². The summed E-state index contributed by atoms with van der Waals surface area (Å²) in [6.45, 7) is 4.85. The zero-order valence-electron chi connectivity index (χ0n) is 21.8. The molecule has 0 saturated heterocycles. The van der Waals surface area contributed by atoms with E-state index in [4.69, 9.17) is 9.47 Å². The highest BCUT2D eigenvalue weighted by molar-refractivity contribution is 5.75. The first-order valence-corrected chi connectivity index (χ1v) is 11.8. The smallest absolute Gasteiger partial charge is 0.408 e. The molecule has 39 heavy (non-hydrogen) atoms. The number of amides is 2. The van der Waals surface area contributed by atoms with Crippen molar-refractivity contribution in [3.05, 3.63) is 36.0 Å². The number of pyridine rings is 1. The molecule has 2 amide bonds. The van der Waals surface area contributed by atoms with E-state index < -0.39 is 43.3 Å². The number of ether oxygens (including phenoxy) is 2. The molecule has 15 heteroatoms. The highest BCUT2D eigenvalue weighted by Crippen LogP contribution is 2.34. The summed E-state index contributed by atoms with van der Waals surface area (Å²) in [6, 6.07) is -3.14. The van der Waals surface area contributed by atoms with E-state index in [1.54, 1.807) is 28.2 Å². The van der Waals surface area contributed by atoms with Crippen LogP contribution in [0.1, 0.15) is 44.1 Å². The number of fused-ring (bicyclic) bond motifs is 1. The highest BCUT2D eigenvalue weighted by atomic mass is 19.4. The van der Waals surface area contributed by atoms with Crippen molar-refractivity contribution in [3.63, 3.8) is 0 Å². The van der Waals surface area contributed by atoms with Gasteiger partial charge in [0.25, 0.3) is 5.88 Å². The first-order valence-electron chi connectivity index (χ1n) is 11.8. The number of aryl methyl sites for hydroxylation is 1. The number of halogens is 6. The van der Waals surface area contributed by atoms with Crippen LogP contribution in [0.3, 0.4) is 0 Å². The summed E-state index contributed by atoms with van der Waals surface area (Å²) in [5.74, 6) is 0.565. The number of imidazole rings is 1. The molecule has 0 aliphatic heterocycles. The first kappa shape index (κ1) is 29.8. The van der Waals surface area contributed by atoms with Crippen molar-refractivity contribution in [1.82, 2.24) is 29.6 Å². The summed E-state index contributed by atoms with van der Waals surface area (Å²) in [6.07, 6.45) is -8.17. The van der Waals surface area contributed by atoms with E-state index in [0.29, 0.717) is 22.7 Å². The molecule has 0 fully saturated rings. The van der Waals surface area contributed by atoms with Gasteiger partial charge in [0.05, 0.1) is 37.8 Å². The van der Waals surface area contributed by atoms with E-state index in [2.05, 4.69) is 15.0 Å². The lowest BCUT2D eigenvalue weighted by Crippen LogP contribution is -2.51. The summed E-state index contributed by atoms with van der Waals surface area (Å²) in [4.78, 5) is 26.9. The fourth-order valence-corrected chi connectivity index (χ4v) is 4.01. The van der Waals surface area contributed by atoms with Crippen molar-refractivity contribution in [2.45, 2.75) is 58.0 Å². The van der Waals surface area contributed by atoms with Gasteiger partial charge in [0.2, 0.25) is 5.65 Å². The number of rotatable bonds is 9. The van der Waals surface area contributed by atoms with Crippen LogP contribution in [0.25, 0.3) is 16.9 Å². The molecular weight excluding hydrogens is 534 g/mol. The minimum Gasteiger partial charge on any atom is -0.494 e. The Bertz CT molecular complexity index is 1310. The summed E-state index contributed by atoms with van der Waals surface area (Å²) in [7, 11) is 2.86. The monoisotopic (exact) mass is 562 g/mol. The Morgan fingerprint density at radius 3 is 2.38 bits per heavy atom. The highest BCUT2D eigenvalue weighted by Gasteiger charge is 2.43. The lowest BCUT2D eigenvalue weighted by Gasteiger charge is -2.31. The van der Waals surface area contributed by atoms with Gasteiger partial charge in [-0.15, -0.1) is 0 Å². The lowest BCUT2D eigenvalue weighted by molar-refractivity contribution is -0.171. The van der Waals surface area contributed by atoms with Gasteiger partial charge in [0.1, 0.15) is 11.8 Å². The molecule has 0 aliphatic carbocycles. The third-order valence-electron chi connectivity index (χ3n) is 6.13. The Morgan fingerprint density at radius 2 is 1.82 bits per heavy atom. The van der Waals surface area contributed by atoms with Crippen LogP contribution in [0.5, 0.6) is 11.6 Å². The number of alkyl halides is 6. The van der Waals surface area contributed by atoms with Crippen molar-refractivity contribution in [3.8, 4) is 22.9 Å². The largest absolute Gasteiger partial charge is 0.494 e. The summed E-state index contributed by atoms with van der Waals surface area (Å²) < 4.78 is 90.5. The Balaban J connectivity index is 1.95. The number of nitrogens with one attached hydrogen (secondary N) is 1. The number of hydrogen-bond donors (Lipinski definition) is 1. The van der Waals surface area contributed by atoms with Crippen molar-refractivity contribution < 1.29 is 40.6 Å². The molecule has 0 bridgehead atoms. The summed E-state index contributed by atoms with van der Waals surface area (Å²) in [5, 5.41) is 1.71. The molecule has 1 N–H and O–H groups in total. The fourth-order valence-electron chi connectivity index (χ4n) is 4.01. The van der Waals surface area contributed by atoms with Crippen LogP contribution < -0.4 is 14.8 Å². The molecule has 0 aliphatic rings. The van der Waals surface area contributed by atoms with E-state index in [1.165, 1.54) is 34.3 Å². The van der Waals surface area contributed by atoms with Crippen molar-refractivity contribution in [1.29, 1.82) is 0 Å². The Labute approximate surface area is 220 Å². The van der Waals surface area contributed by atoms with Gasteiger partial charge >= 0.3 is 18.4 Å². The summed E-state index contributed by atoms with van der Waals surface area (Å²) in [5.41, 5.74) is 2.43. The Morgan fingerprint density at radius 1 is 1.13 bits per heavy atom. The van der Waals surface area contributed by atoms with Crippen molar-refractivity contribution in [2.24, 2.45) is 0 Å². The third-order valence-corrected chi connectivity index (χ3v) is 6.13. The second-order valence-corrected chi connectivity index (χ2v) is 8.70. The molecule has 3 aromatic heterocycles. The number of urea groups is 1. The minimum atomic E-state index is -5.07. The third kappa shape index (κ3) is 6.81. The Hall–Kier alpha value is -3.78. The maximum absolute atomic E-state index is 13.4. The minimum absolute atomic E-state index is 0.0495. The average molecular weight is 563 g/mol. The van der Waals surface area contributed by atoms with Crippen LogP contribution in [-0.2, 0) is 0 Å². The predicted octanol–water partition coefficient (Wildman–Crippen LogP) is 5.48. The molecule has 0 unspecified atom stereocenters. The SMILES string of the molecule is CCN(C(=O)N[C@@H](CCC(F)(F)F)C(F)(F)F)[C@H](C)c1cc(-c2cn3c(C)cnc3c(OC)n2)c(OC)cn1. The lowest BCUT2D eigenvalue weighted by atomic mass is 10.1. The summed E-state index contributed by atoms with van der Waals surface area (Å²) >= 11 is 0. The van der Waals surface area contributed by atoms with E-state index in [-0.39, 0.29) is 18.1 Å². The molecule has 3 rings (SSSR count). The number of nitrogens with zero attached hydrogens (tertiary/aromatic N) is 5. The van der Waals surface area contributed by atoms with Crippen LogP contribution in [-0.4, -0.2) is 69.4 Å². The van der Waals surface area contributed by atoms with Gasteiger partial charge in [-0.2, -0.15) is 26.3 Å². The van der Waals surface area contributed by atoms with Gasteiger partial charge in [-0.3, -0.25) is 9.38 Å². The van der Waals surface area contributed by atoms with Crippen LogP contribution >= 0.6 is 0 Å². The van der Waals surface area contributed by atoms with E-state index >= 15 is 0 Å². The molecule has 0 radical (unpaired) electrons. The zero-order valence-corrected chi connectivity index (χ0v) is 21.8. The number of aromatic nitrogens is 4. The molecule has 0 aromatic carbocycles. The Kier molecular flexibility index (Phi) is 8.80. The van der Waals surface area contributed by atoms with Crippen molar-refractivity contribution >= 4 is 11.7 Å². The average Bonchev–Trinajstić information content (AvgIpc) is 3.25. The number of carbonyl (C=O) groups is 1. The molecule has 214 valence electrons. The van der Waals surface area contributed by atoms with E-state index in [1.807, 2.05) is 6.92 Å². The van der Waals surface area contributed by atoms with E-state index in [0.717, 1.165) is 10.6 Å². The van der Waals surface area contributed by atoms with Gasteiger partial charge in [-0.05, 0) is 33.3 Å². The fraction of sp³-hybridized carbons (Fsp3) is 0.500. The molecular formula is C24H28F6N6O3. The predicted molar refractivity (Wildman–Crippen MR) is 129 cm³/mol. The van der Waals surface area contributed by atoms with Crippen molar-refractivity contribution in [2.75, 3.05) is 20.8 Å². The number of carbonyl (C=O) groups excluding carboxylic acids is 1. The number of hydrogen-bond acceptors (Lipinski definition) is 6. The molecule has 2 atom stereocenters. The molecule has 0 spiro atoms. The molecule has 0 saturated carbocycles. The van der Waals surface area contributed by atoms with Crippen LogP contribution in [0.15, 0.2) is 24.7 Å². The number of methoxy groups -OCH3 is 2. The maximum atomic E-state index is 13.4. The van der Waals surface area contributed by atoms with Crippen LogP contribution in [0.2, 0.25) is 0 Å².